The average molecular weight is 270 g/mol. The summed E-state index contributed by atoms with van der Waals surface area (Å²) in [5.41, 5.74) is 6.40. The molecule has 1 rings (SSSR count). The average Bonchev–Trinajstić information content (AvgIpc) is 2.76. The van der Waals surface area contributed by atoms with Crippen LogP contribution in [0.25, 0.3) is 0 Å². The zero-order valence-corrected chi connectivity index (χ0v) is 11.5. The van der Waals surface area contributed by atoms with E-state index in [0.717, 1.165) is 10.7 Å². The second-order valence-electron chi connectivity index (χ2n) is 4.04. The molecule has 7 heteroatoms. The second-order valence-corrected chi connectivity index (χ2v) is 4.93. The van der Waals surface area contributed by atoms with Gasteiger partial charge in [-0.2, -0.15) is 0 Å². The van der Waals surface area contributed by atoms with Crippen molar-refractivity contribution < 1.29 is 10.0 Å². The van der Waals surface area contributed by atoms with Gasteiger partial charge in [0.15, 0.2) is 5.84 Å². The lowest BCUT2D eigenvalue weighted by Crippen LogP contribution is -2.39. The van der Waals surface area contributed by atoms with Gasteiger partial charge in [0.2, 0.25) is 5.91 Å². The molecule has 0 fully saturated rings. The van der Waals surface area contributed by atoms with Crippen molar-refractivity contribution in [2.75, 3.05) is 0 Å². The van der Waals surface area contributed by atoms with Crippen LogP contribution in [0, 0.1) is 12.8 Å². The van der Waals surface area contributed by atoms with Gasteiger partial charge in [-0.25, -0.2) is 4.98 Å². The van der Waals surface area contributed by atoms with Crippen molar-refractivity contribution >= 4 is 23.1 Å². The molecule has 6 nitrogen and oxygen atoms in total. The first kappa shape index (κ1) is 14.4. The summed E-state index contributed by atoms with van der Waals surface area (Å²) in [5.74, 6) is -0.941. The van der Waals surface area contributed by atoms with Gasteiger partial charge in [-0.15, -0.1) is 11.3 Å². The van der Waals surface area contributed by atoms with Crippen molar-refractivity contribution in [3.05, 3.63) is 16.1 Å². The molecule has 0 aliphatic heterocycles. The Kier molecular flexibility index (Phi) is 5.08. The minimum absolute atomic E-state index is 0.0717. The Morgan fingerprint density at radius 3 is 2.83 bits per heavy atom. The number of carbonyl (C=O) groups excluding carboxylic acids is 1. The van der Waals surface area contributed by atoms with E-state index in [1.54, 1.807) is 6.92 Å². The fourth-order valence-corrected chi connectivity index (χ4v) is 2.35. The van der Waals surface area contributed by atoms with Crippen molar-refractivity contribution in [3.63, 3.8) is 0 Å². The fourth-order valence-electron chi connectivity index (χ4n) is 1.55. The molecule has 0 saturated carbocycles. The lowest BCUT2D eigenvalue weighted by atomic mass is 10.0. The highest BCUT2D eigenvalue weighted by Gasteiger charge is 2.23. The topological polar surface area (TPSA) is 101 Å². The maximum absolute atomic E-state index is 12.0. The van der Waals surface area contributed by atoms with Crippen LogP contribution in [0.5, 0.6) is 0 Å². The molecule has 1 aromatic rings. The predicted octanol–water partition coefficient (Wildman–Crippen LogP) is 1.40. The monoisotopic (exact) mass is 270 g/mol. The highest BCUT2D eigenvalue weighted by molar-refractivity contribution is 7.09. The molecule has 1 amide bonds. The summed E-state index contributed by atoms with van der Waals surface area (Å²) in [6.45, 7) is 5.56. The molecule has 0 bridgehead atoms. The van der Waals surface area contributed by atoms with Crippen LogP contribution in [0.3, 0.4) is 0 Å². The van der Waals surface area contributed by atoms with E-state index in [1.165, 1.54) is 11.3 Å². The first-order valence-electron chi connectivity index (χ1n) is 5.69. The van der Waals surface area contributed by atoms with Crippen LogP contribution < -0.4 is 11.1 Å². The predicted molar refractivity (Wildman–Crippen MR) is 70.6 cm³/mol. The molecule has 0 saturated heterocycles. The molecule has 2 atom stereocenters. The first-order valence-corrected chi connectivity index (χ1v) is 6.57. The molecule has 18 heavy (non-hydrogen) atoms. The quantitative estimate of drug-likeness (QED) is 0.326. The van der Waals surface area contributed by atoms with Crippen molar-refractivity contribution in [2.24, 2.45) is 16.8 Å². The normalized spacial score (nSPS) is 15.2. The molecule has 0 radical (unpaired) electrons. The smallest absolute Gasteiger partial charge is 0.231 e. The van der Waals surface area contributed by atoms with Gasteiger partial charge in [-0.05, 0) is 20.3 Å². The van der Waals surface area contributed by atoms with Crippen LogP contribution in [0.2, 0.25) is 0 Å². The number of oxime groups is 1. The maximum atomic E-state index is 12.0. The summed E-state index contributed by atoms with van der Waals surface area (Å²) >= 11 is 1.50. The molecule has 0 aliphatic rings. The van der Waals surface area contributed by atoms with Gasteiger partial charge in [-0.3, -0.25) is 4.79 Å². The number of carbonyl (C=O) groups is 1. The van der Waals surface area contributed by atoms with E-state index in [-0.39, 0.29) is 17.8 Å². The third-order valence-corrected chi connectivity index (χ3v) is 3.71. The summed E-state index contributed by atoms with van der Waals surface area (Å²) < 4.78 is 0. The van der Waals surface area contributed by atoms with E-state index >= 15 is 0 Å². The standard InChI is InChI=1S/C11H18N4O2S/c1-4-8(9(12)15-17)10(16)14-7(3)11-13-6(2)5-18-11/h5,7-8,17H,4H2,1-3H3,(H2,12,15)(H,14,16). The number of nitrogens with zero attached hydrogens (tertiary/aromatic N) is 2. The number of rotatable bonds is 5. The molecular weight excluding hydrogens is 252 g/mol. The molecule has 0 aliphatic carbocycles. The molecule has 1 aromatic heterocycles. The third-order valence-electron chi connectivity index (χ3n) is 2.56. The fraction of sp³-hybridized carbons (Fsp3) is 0.545. The Morgan fingerprint density at radius 1 is 1.72 bits per heavy atom. The first-order chi connectivity index (χ1) is 8.49. The number of amidine groups is 1. The maximum Gasteiger partial charge on any atom is 0.231 e. The zero-order chi connectivity index (χ0) is 13.7. The summed E-state index contributed by atoms with van der Waals surface area (Å²) in [6, 6.07) is -0.184. The van der Waals surface area contributed by atoms with Crippen molar-refractivity contribution in [3.8, 4) is 0 Å². The minimum atomic E-state index is -0.612. The zero-order valence-electron chi connectivity index (χ0n) is 10.7. The number of aromatic nitrogens is 1. The van der Waals surface area contributed by atoms with Crippen LogP contribution in [0.1, 0.15) is 37.0 Å². The Balaban J connectivity index is 2.69. The van der Waals surface area contributed by atoms with Crippen LogP contribution in [-0.4, -0.2) is 21.9 Å². The molecule has 0 aromatic carbocycles. The lowest BCUT2D eigenvalue weighted by molar-refractivity contribution is -0.123. The van der Waals surface area contributed by atoms with E-state index in [1.807, 2.05) is 19.2 Å². The summed E-state index contributed by atoms with van der Waals surface area (Å²) in [7, 11) is 0. The van der Waals surface area contributed by atoms with Gasteiger partial charge in [0, 0.05) is 11.1 Å². The van der Waals surface area contributed by atoms with Gasteiger partial charge >= 0.3 is 0 Å². The molecular formula is C11H18N4O2S. The Hall–Kier alpha value is -1.63. The van der Waals surface area contributed by atoms with Gasteiger partial charge < -0.3 is 16.3 Å². The second kappa shape index (κ2) is 6.34. The third kappa shape index (κ3) is 3.43. The largest absolute Gasteiger partial charge is 0.409 e. The number of thiazole rings is 1. The lowest BCUT2D eigenvalue weighted by Gasteiger charge is -2.16. The molecule has 100 valence electrons. The molecule has 0 spiro atoms. The minimum Gasteiger partial charge on any atom is -0.409 e. The number of nitrogens with two attached hydrogens (primary N) is 1. The summed E-state index contributed by atoms with van der Waals surface area (Å²) in [6.07, 6.45) is 0.478. The highest BCUT2D eigenvalue weighted by Crippen LogP contribution is 2.18. The van der Waals surface area contributed by atoms with Gasteiger partial charge in [0.05, 0.1) is 12.0 Å². The van der Waals surface area contributed by atoms with Crippen LogP contribution in [-0.2, 0) is 4.79 Å². The number of hydrogen-bond donors (Lipinski definition) is 3. The van der Waals surface area contributed by atoms with Crippen LogP contribution in [0.4, 0.5) is 0 Å². The molecule has 4 N–H and O–H groups in total. The SMILES string of the molecule is CCC(C(=O)NC(C)c1nc(C)cs1)C(N)=NO. The van der Waals surface area contributed by atoms with E-state index < -0.39 is 5.92 Å². The Labute approximate surface area is 110 Å². The summed E-state index contributed by atoms with van der Waals surface area (Å²) in [4.78, 5) is 16.3. The Bertz CT molecular complexity index is 444. The number of aryl methyl sites for hydroxylation is 1. The van der Waals surface area contributed by atoms with E-state index in [2.05, 4.69) is 15.5 Å². The Morgan fingerprint density at radius 2 is 2.39 bits per heavy atom. The number of amides is 1. The van der Waals surface area contributed by atoms with Crippen molar-refractivity contribution in [2.45, 2.75) is 33.2 Å². The number of nitrogens with one attached hydrogen (secondary N) is 1. The van der Waals surface area contributed by atoms with Crippen molar-refractivity contribution in [1.82, 2.24) is 10.3 Å². The van der Waals surface area contributed by atoms with Crippen LogP contribution in [0.15, 0.2) is 10.5 Å². The van der Waals surface area contributed by atoms with E-state index in [9.17, 15) is 4.79 Å². The summed E-state index contributed by atoms with van der Waals surface area (Å²) in [5, 5.41) is 17.1. The van der Waals surface area contributed by atoms with E-state index in [0.29, 0.717) is 6.42 Å². The molecule has 2 unspecified atom stereocenters. The molecule has 1 heterocycles. The number of hydrogen-bond acceptors (Lipinski definition) is 5. The van der Waals surface area contributed by atoms with Gasteiger partial charge in [0.25, 0.3) is 0 Å². The van der Waals surface area contributed by atoms with Crippen molar-refractivity contribution in [1.29, 1.82) is 0 Å². The van der Waals surface area contributed by atoms with Gasteiger partial charge in [0.1, 0.15) is 5.01 Å². The van der Waals surface area contributed by atoms with Crippen LogP contribution >= 0.6 is 11.3 Å². The van der Waals surface area contributed by atoms with E-state index in [4.69, 9.17) is 10.9 Å². The van der Waals surface area contributed by atoms with Gasteiger partial charge in [-0.1, -0.05) is 12.1 Å². The highest BCUT2D eigenvalue weighted by atomic mass is 32.1.